The minimum absolute atomic E-state index is 0.256. The first-order chi connectivity index (χ1) is 5.65. The van der Waals surface area contributed by atoms with E-state index in [1.54, 1.807) is 6.92 Å². The van der Waals surface area contributed by atoms with Gasteiger partial charge in [0.2, 0.25) is 0 Å². The van der Waals surface area contributed by atoms with Crippen LogP contribution in [0.4, 0.5) is 0 Å². The van der Waals surface area contributed by atoms with Crippen LogP contribution in [0.2, 0.25) is 0 Å². The van der Waals surface area contributed by atoms with E-state index in [1.165, 1.54) is 18.4 Å². The molecule has 0 spiro atoms. The van der Waals surface area contributed by atoms with Gasteiger partial charge in [0.05, 0.1) is 17.3 Å². The second-order valence-electron chi connectivity index (χ2n) is 2.25. The SMILES string of the molecule is COCc1nc(C)sc1C(=O)O. The van der Waals surface area contributed by atoms with Gasteiger partial charge in [-0.1, -0.05) is 0 Å². The Balaban J connectivity index is 2.99. The quantitative estimate of drug-likeness (QED) is 0.774. The topological polar surface area (TPSA) is 59.4 Å². The molecule has 0 aliphatic rings. The number of hydrogen-bond acceptors (Lipinski definition) is 4. The fourth-order valence-corrected chi connectivity index (χ4v) is 1.63. The van der Waals surface area contributed by atoms with Gasteiger partial charge in [0, 0.05) is 7.11 Å². The molecule has 1 heterocycles. The summed E-state index contributed by atoms with van der Waals surface area (Å²) in [6.45, 7) is 2.03. The van der Waals surface area contributed by atoms with E-state index in [4.69, 9.17) is 9.84 Å². The van der Waals surface area contributed by atoms with Crippen LogP contribution in [0.1, 0.15) is 20.4 Å². The van der Waals surface area contributed by atoms with Gasteiger partial charge in [0.25, 0.3) is 0 Å². The second-order valence-corrected chi connectivity index (χ2v) is 3.45. The summed E-state index contributed by atoms with van der Waals surface area (Å²) in [5.74, 6) is -0.937. The van der Waals surface area contributed by atoms with Crippen LogP contribution in [0.5, 0.6) is 0 Å². The fourth-order valence-electron chi connectivity index (χ4n) is 0.872. The van der Waals surface area contributed by atoms with E-state index in [1.807, 2.05) is 0 Å². The lowest BCUT2D eigenvalue weighted by Crippen LogP contribution is -1.99. The molecule has 1 N–H and O–H groups in total. The van der Waals surface area contributed by atoms with Gasteiger partial charge in [-0.25, -0.2) is 9.78 Å². The number of thiazole rings is 1. The van der Waals surface area contributed by atoms with Crippen molar-refractivity contribution in [3.63, 3.8) is 0 Å². The molecule has 1 rings (SSSR count). The van der Waals surface area contributed by atoms with Crippen molar-refractivity contribution in [1.29, 1.82) is 0 Å². The molecule has 0 aliphatic heterocycles. The Kier molecular flexibility index (Phi) is 2.78. The Bertz CT molecular complexity index is 295. The van der Waals surface area contributed by atoms with E-state index in [2.05, 4.69) is 4.98 Å². The maximum atomic E-state index is 10.6. The summed E-state index contributed by atoms with van der Waals surface area (Å²) in [5, 5.41) is 9.47. The maximum absolute atomic E-state index is 10.6. The molecule has 4 nitrogen and oxygen atoms in total. The Morgan fingerprint density at radius 2 is 2.42 bits per heavy atom. The van der Waals surface area contributed by atoms with Crippen molar-refractivity contribution < 1.29 is 14.6 Å². The van der Waals surface area contributed by atoms with Crippen LogP contribution in [-0.2, 0) is 11.3 Å². The number of carbonyl (C=O) groups is 1. The number of carboxylic acid groups (broad SMARTS) is 1. The lowest BCUT2D eigenvalue weighted by Gasteiger charge is -1.94. The van der Waals surface area contributed by atoms with E-state index < -0.39 is 5.97 Å². The molecule has 1 aromatic rings. The Hall–Kier alpha value is -0.940. The number of aryl methyl sites for hydroxylation is 1. The van der Waals surface area contributed by atoms with Crippen molar-refractivity contribution in [1.82, 2.24) is 4.98 Å². The molecule has 0 aliphatic carbocycles. The summed E-state index contributed by atoms with van der Waals surface area (Å²) in [5.41, 5.74) is 0.507. The highest BCUT2D eigenvalue weighted by Crippen LogP contribution is 2.18. The van der Waals surface area contributed by atoms with Gasteiger partial charge in [-0.2, -0.15) is 0 Å². The summed E-state index contributed by atoms with van der Waals surface area (Å²) in [6.07, 6.45) is 0. The van der Waals surface area contributed by atoms with Gasteiger partial charge in [0.15, 0.2) is 0 Å². The predicted molar refractivity (Wildman–Crippen MR) is 44.5 cm³/mol. The van der Waals surface area contributed by atoms with Crippen LogP contribution in [0.25, 0.3) is 0 Å². The van der Waals surface area contributed by atoms with Gasteiger partial charge in [-0.05, 0) is 6.92 Å². The van der Waals surface area contributed by atoms with Gasteiger partial charge in [-0.3, -0.25) is 0 Å². The first-order valence-corrected chi connectivity index (χ1v) is 4.15. The lowest BCUT2D eigenvalue weighted by molar-refractivity contribution is 0.0697. The van der Waals surface area contributed by atoms with Gasteiger partial charge in [-0.15, -0.1) is 11.3 Å². The van der Waals surface area contributed by atoms with Gasteiger partial charge < -0.3 is 9.84 Å². The molecular formula is C7H9NO3S. The first-order valence-electron chi connectivity index (χ1n) is 3.33. The molecule has 0 aromatic carbocycles. The molecule has 1 aromatic heterocycles. The number of aromatic carboxylic acids is 1. The largest absolute Gasteiger partial charge is 0.477 e. The summed E-state index contributed by atoms with van der Waals surface area (Å²) < 4.78 is 4.81. The zero-order chi connectivity index (χ0) is 9.14. The average molecular weight is 187 g/mol. The molecule has 12 heavy (non-hydrogen) atoms. The Morgan fingerprint density at radius 3 is 2.92 bits per heavy atom. The third kappa shape index (κ3) is 1.80. The number of aromatic nitrogens is 1. The second kappa shape index (κ2) is 3.64. The predicted octanol–water partition coefficient (Wildman–Crippen LogP) is 1.30. The van der Waals surface area contributed by atoms with Crippen LogP contribution in [0.3, 0.4) is 0 Å². The van der Waals surface area contributed by atoms with Crippen molar-refractivity contribution in [3.05, 3.63) is 15.6 Å². The normalized spacial score (nSPS) is 10.2. The minimum atomic E-state index is -0.937. The van der Waals surface area contributed by atoms with Crippen LogP contribution in [0.15, 0.2) is 0 Å². The standard InChI is InChI=1S/C7H9NO3S/c1-4-8-5(3-11-2)6(12-4)7(9)10/h3H2,1-2H3,(H,9,10). The Morgan fingerprint density at radius 1 is 1.75 bits per heavy atom. The summed E-state index contributed by atoms with van der Waals surface area (Å²) in [7, 11) is 1.51. The van der Waals surface area contributed by atoms with E-state index in [0.29, 0.717) is 5.69 Å². The molecule has 0 saturated heterocycles. The lowest BCUT2D eigenvalue weighted by atomic mass is 10.4. The highest BCUT2D eigenvalue weighted by molar-refractivity contribution is 7.13. The third-order valence-corrected chi connectivity index (χ3v) is 2.28. The summed E-state index contributed by atoms with van der Waals surface area (Å²) >= 11 is 1.17. The highest BCUT2D eigenvalue weighted by atomic mass is 32.1. The van der Waals surface area contributed by atoms with Crippen LogP contribution in [0, 0.1) is 6.92 Å². The van der Waals surface area contributed by atoms with Crippen LogP contribution in [-0.4, -0.2) is 23.2 Å². The smallest absolute Gasteiger partial charge is 0.347 e. The minimum Gasteiger partial charge on any atom is -0.477 e. The van der Waals surface area contributed by atoms with Gasteiger partial charge in [0.1, 0.15) is 4.88 Å². The third-order valence-electron chi connectivity index (χ3n) is 1.28. The van der Waals surface area contributed by atoms with E-state index in [-0.39, 0.29) is 11.5 Å². The van der Waals surface area contributed by atoms with E-state index in [0.717, 1.165) is 5.01 Å². The van der Waals surface area contributed by atoms with Crippen molar-refractivity contribution in [3.8, 4) is 0 Å². The number of carboxylic acids is 1. The number of methoxy groups -OCH3 is 1. The molecular weight excluding hydrogens is 178 g/mol. The molecule has 0 fully saturated rings. The fraction of sp³-hybridized carbons (Fsp3) is 0.429. The maximum Gasteiger partial charge on any atom is 0.347 e. The first kappa shape index (κ1) is 9.15. The van der Waals surface area contributed by atoms with Crippen molar-refractivity contribution in [2.75, 3.05) is 7.11 Å². The number of hydrogen-bond donors (Lipinski definition) is 1. The molecule has 0 saturated carbocycles. The van der Waals surface area contributed by atoms with E-state index >= 15 is 0 Å². The molecule has 66 valence electrons. The molecule has 0 radical (unpaired) electrons. The van der Waals surface area contributed by atoms with Crippen LogP contribution >= 0.6 is 11.3 Å². The zero-order valence-electron chi connectivity index (χ0n) is 6.83. The highest BCUT2D eigenvalue weighted by Gasteiger charge is 2.14. The molecule has 5 heteroatoms. The number of nitrogens with zero attached hydrogens (tertiary/aromatic N) is 1. The molecule has 0 atom stereocenters. The summed E-state index contributed by atoms with van der Waals surface area (Å²) in [4.78, 5) is 14.9. The summed E-state index contributed by atoms with van der Waals surface area (Å²) in [6, 6.07) is 0. The van der Waals surface area contributed by atoms with E-state index in [9.17, 15) is 4.79 Å². The monoisotopic (exact) mass is 187 g/mol. The average Bonchev–Trinajstić information content (AvgIpc) is 2.32. The van der Waals surface area contributed by atoms with Crippen molar-refractivity contribution in [2.45, 2.75) is 13.5 Å². The molecule has 0 bridgehead atoms. The van der Waals surface area contributed by atoms with Crippen molar-refractivity contribution in [2.24, 2.45) is 0 Å². The zero-order valence-corrected chi connectivity index (χ0v) is 7.64. The number of rotatable bonds is 3. The van der Waals surface area contributed by atoms with Crippen molar-refractivity contribution >= 4 is 17.3 Å². The van der Waals surface area contributed by atoms with Crippen LogP contribution < -0.4 is 0 Å². The Labute approximate surface area is 73.8 Å². The molecule has 0 amide bonds. The number of ether oxygens (including phenoxy) is 1. The molecule has 0 unspecified atom stereocenters. The van der Waals surface area contributed by atoms with Gasteiger partial charge >= 0.3 is 5.97 Å².